The number of methoxy groups -OCH3 is 1. The molecule has 0 spiro atoms. The molecule has 136 valence electrons. The molecule has 1 heterocycles. The number of carbonyl (C=O) groups is 1. The van der Waals surface area contributed by atoms with E-state index in [1.54, 1.807) is 30.3 Å². The van der Waals surface area contributed by atoms with Gasteiger partial charge in [0.25, 0.3) is 0 Å². The summed E-state index contributed by atoms with van der Waals surface area (Å²) in [5.41, 5.74) is 1.96. The van der Waals surface area contributed by atoms with Gasteiger partial charge in [-0.25, -0.2) is 18.4 Å². The van der Waals surface area contributed by atoms with Crippen molar-refractivity contribution in [1.29, 1.82) is 0 Å². The van der Waals surface area contributed by atoms with E-state index < -0.39 is 16.0 Å². The molecule has 8 heteroatoms. The first-order valence-electron chi connectivity index (χ1n) is 7.64. The van der Waals surface area contributed by atoms with Gasteiger partial charge < -0.3 is 9.47 Å². The Morgan fingerprint density at radius 2 is 1.92 bits per heavy atom. The van der Waals surface area contributed by atoms with Crippen LogP contribution in [0.15, 0.2) is 52.9 Å². The second-order valence-corrected chi connectivity index (χ2v) is 7.73. The third-order valence-electron chi connectivity index (χ3n) is 4.10. The number of rotatable bonds is 4. The zero-order chi connectivity index (χ0) is 18.9. The van der Waals surface area contributed by atoms with Gasteiger partial charge in [-0.05, 0) is 41.5 Å². The van der Waals surface area contributed by atoms with Gasteiger partial charge in [0.05, 0.1) is 22.9 Å². The minimum absolute atomic E-state index is 0.00661. The highest BCUT2D eigenvalue weighted by Crippen LogP contribution is 2.36. The maximum Gasteiger partial charge on any atom is 0.334 e. The lowest BCUT2D eigenvalue weighted by molar-refractivity contribution is -0.135. The molecule has 1 fully saturated rings. The van der Waals surface area contributed by atoms with Gasteiger partial charge in [-0.3, -0.25) is 0 Å². The van der Waals surface area contributed by atoms with Crippen LogP contribution in [-0.4, -0.2) is 28.1 Å². The monoisotopic (exact) mass is 393 g/mol. The number of cyclic esters (lactones) is 1. The molecule has 1 aliphatic heterocycles. The fourth-order valence-corrected chi connectivity index (χ4v) is 3.52. The summed E-state index contributed by atoms with van der Waals surface area (Å²) in [6.45, 7) is 0.211. The highest BCUT2D eigenvalue weighted by Gasteiger charge is 2.32. The lowest BCUT2D eigenvalue weighted by Crippen LogP contribution is -2.11. The Hall–Kier alpha value is -2.35. The number of hydrogen-bond acceptors (Lipinski definition) is 5. The molecule has 2 aromatic carbocycles. The molecule has 0 saturated carbocycles. The quantitative estimate of drug-likeness (QED) is 0.636. The summed E-state index contributed by atoms with van der Waals surface area (Å²) in [4.78, 5) is 12.1. The van der Waals surface area contributed by atoms with Gasteiger partial charge in [-0.2, -0.15) is 0 Å². The number of esters is 1. The van der Waals surface area contributed by atoms with Crippen molar-refractivity contribution in [3.05, 3.63) is 64.2 Å². The van der Waals surface area contributed by atoms with Crippen LogP contribution in [0.25, 0.3) is 6.08 Å². The fraction of sp³-hybridized carbons (Fsp3) is 0.167. The first-order valence-corrected chi connectivity index (χ1v) is 9.57. The average molecular weight is 394 g/mol. The number of benzene rings is 2. The van der Waals surface area contributed by atoms with Gasteiger partial charge in [0.15, 0.2) is 0 Å². The number of carbonyl (C=O) groups excluding carboxylic acids is 1. The standard InChI is InChI=1S/C18H16ClNO5S/c1-24-17-7-4-12(9-16(17)19)15-10-25-18(21)14(15)8-11-2-5-13(6-3-11)26(20,22)23/h2-9,15H,10H2,1H3,(H2,20,22,23)/b14-8+. The first kappa shape index (κ1) is 18.4. The normalized spacial score (nSPS) is 18.8. The van der Waals surface area contributed by atoms with E-state index in [-0.39, 0.29) is 17.4 Å². The summed E-state index contributed by atoms with van der Waals surface area (Å²) >= 11 is 6.17. The summed E-state index contributed by atoms with van der Waals surface area (Å²) in [6, 6.07) is 11.2. The van der Waals surface area contributed by atoms with E-state index >= 15 is 0 Å². The molecule has 1 unspecified atom stereocenters. The van der Waals surface area contributed by atoms with E-state index in [2.05, 4.69) is 0 Å². The molecular weight excluding hydrogens is 378 g/mol. The lowest BCUT2D eigenvalue weighted by atomic mass is 9.92. The predicted octanol–water partition coefficient (Wildman–Crippen LogP) is 2.72. The van der Waals surface area contributed by atoms with Crippen LogP contribution in [-0.2, 0) is 19.6 Å². The minimum atomic E-state index is -3.76. The molecule has 2 N–H and O–H groups in total. The molecule has 1 aliphatic rings. The van der Waals surface area contributed by atoms with Crippen molar-refractivity contribution in [3.8, 4) is 5.75 Å². The summed E-state index contributed by atoms with van der Waals surface area (Å²) in [6.07, 6.45) is 1.67. The van der Waals surface area contributed by atoms with Gasteiger partial charge in [-0.1, -0.05) is 29.8 Å². The molecule has 3 rings (SSSR count). The molecule has 2 aromatic rings. The Kier molecular flexibility index (Phi) is 5.04. The summed E-state index contributed by atoms with van der Waals surface area (Å²) < 4.78 is 33.0. The van der Waals surface area contributed by atoms with Gasteiger partial charge >= 0.3 is 5.97 Å². The molecule has 0 aromatic heterocycles. The van der Waals surface area contributed by atoms with Crippen LogP contribution < -0.4 is 9.88 Å². The van der Waals surface area contributed by atoms with E-state index in [1.807, 2.05) is 6.07 Å². The molecule has 0 bridgehead atoms. The number of hydrogen-bond donors (Lipinski definition) is 1. The molecule has 0 radical (unpaired) electrons. The zero-order valence-corrected chi connectivity index (χ0v) is 15.4. The Bertz CT molecular complexity index is 983. The number of nitrogens with two attached hydrogens (primary N) is 1. The van der Waals surface area contributed by atoms with E-state index in [0.29, 0.717) is 21.9 Å². The second-order valence-electron chi connectivity index (χ2n) is 5.76. The zero-order valence-electron chi connectivity index (χ0n) is 13.8. The Morgan fingerprint density at radius 1 is 1.23 bits per heavy atom. The van der Waals surface area contributed by atoms with E-state index in [4.69, 9.17) is 26.2 Å². The number of primary sulfonamides is 1. The van der Waals surface area contributed by atoms with Crippen molar-refractivity contribution in [2.75, 3.05) is 13.7 Å². The minimum Gasteiger partial charge on any atom is -0.495 e. The van der Waals surface area contributed by atoms with Gasteiger partial charge in [0.2, 0.25) is 10.0 Å². The van der Waals surface area contributed by atoms with E-state index in [1.165, 1.54) is 19.2 Å². The van der Waals surface area contributed by atoms with Crippen molar-refractivity contribution in [3.63, 3.8) is 0 Å². The van der Waals surface area contributed by atoms with Crippen molar-refractivity contribution >= 4 is 33.7 Å². The highest BCUT2D eigenvalue weighted by atomic mass is 35.5. The largest absolute Gasteiger partial charge is 0.495 e. The predicted molar refractivity (Wildman–Crippen MR) is 97.5 cm³/mol. The van der Waals surface area contributed by atoms with Crippen molar-refractivity contribution in [2.45, 2.75) is 10.8 Å². The number of halogens is 1. The second kappa shape index (κ2) is 7.11. The van der Waals surface area contributed by atoms with Crippen LogP contribution in [0.2, 0.25) is 5.02 Å². The average Bonchev–Trinajstić information content (AvgIpc) is 2.95. The lowest BCUT2D eigenvalue weighted by Gasteiger charge is -2.11. The first-order chi connectivity index (χ1) is 12.3. The van der Waals surface area contributed by atoms with Crippen molar-refractivity contribution < 1.29 is 22.7 Å². The van der Waals surface area contributed by atoms with E-state index in [0.717, 1.165) is 5.56 Å². The smallest absolute Gasteiger partial charge is 0.334 e. The number of ether oxygens (including phenoxy) is 2. The third kappa shape index (κ3) is 3.75. The van der Waals surface area contributed by atoms with Crippen molar-refractivity contribution in [2.24, 2.45) is 5.14 Å². The fourth-order valence-electron chi connectivity index (χ4n) is 2.74. The van der Waals surface area contributed by atoms with Crippen LogP contribution >= 0.6 is 11.6 Å². The van der Waals surface area contributed by atoms with Crippen LogP contribution in [0.1, 0.15) is 17.0 Å². The van der Waals surface area contributed by atoms with Crippen LogP contribution in [0, 0.1) is 0 Å². The van der Waals surface area contributed by atoms with E-state index in [9.17, 15) is 13.2 Å². The Balaban J connectivity index is 1.95. The SMILES string of the molecule is COc1ccc(C2COC(=O)/C2=C/c2ccc(S(N)(=O)=O)cc2)cc1Cl. The Labute approximate surface area is 156 Å². The topological polar surface area (TPSA) is 95.7 Å². The summed E-state index contributed by atoms with van der Waals surface area (Å²) in [7, 11) is -2.23. The van der Waals surface area contributed by atoms with Gasteiger partial charge in [0.1, 0.15) is 12.4 Å². The van der Waals surface area contributed by atoms with Gasteiger partial charge in [-0.15, -0.1) is 0 Å². The maximum absolute atomic E-state index is 12.1. The summed E-state index contributed by atoms with van der Waals surface area (Å²) in [5.74, 6) is -0.147. The Morgan fingerprint density at radius 3 is 2.50 bits per heavy atom. The third-order valence-corrected chi connectivity index (χ3v) is 5.33. The van der Waals surface area contributed by atoms with Crippen LogP contribution in [0.5, 0.6) is 5.75 Å². The molecule has 0 amide bonds. The highest BCUT2D eigenvalue weighted by molar-refractivity contribution is 7.89. The molecule has 1 atom stereocenters. The van der Waals surface area contributed by atoms with Gasteiger partial charge in [0, 0.05) is 5.57 Å². The van der Waals surface area contributed by atoms with Crippen molar-refractivity contribution in [1.82, 2.24) is 0 Å². The van der Waals surface area contributed by atoms with Crippen LogP contribution in [0.4, 0.5) is 0 Å². The molecule has 6 nitrogen and oxygen atoms in total. The molecule has 0 aliphatic carbocycles. The summed E-state index contributed by atoms with van der Waals surface area (Å²) in [5, 5.41) is 5.53. The van der Waals surface area contributed by atoms with Crippen LogP contribution in [0.3, 0.4) is 0 Å². The number of sulfonamides is 1. The maximum atomic E-state index is 12.1. The molecule has 1 saturated heterocycles. The molecular formula is C18H16ClNO5S. The molecule has 26 heavy (non-hydrogen) atoms.